The van der Waals surface area contributed by atoms with Crippen molar-refractivity contribution in [3.8, 4) is 11.5 Å². The van der Waals surface area contributed by atoms with E-state index in [0.29, 0.717) is 22.3 Å². The number of fused-ring (bicyclic) bond motifs is 1. The second-order valence-electron chi connectivity index (χ2n) is 3.37. The van der Waals surface area contributed by atoms with Gasteiger partial charge < -0.3 is 15.6 Å². The van der Waals surface area contributed by atoms with Crippen molar-refractivity contribution in [2.24, 2.45) is 0 Å². The van der Waals surface area contributed by atoms with Crippen LogP contribution in [0.4, 0.5) is 5.69 Å². The average Bonchev–Trinajstić information content (AvgIpc) is 2.23. The molecule has 0 aliphatic rings. The third-order valence-corrected chi connectivity index (χ3v) is 2.41. The van der Waals surface area contributed by atoms with Gasteiger partial charge >= 0.3 is 0 Å². The molecule has 4 nitrogen and oxygen atoms in total. The number of hydrogen-bond donors (Lipinski definition) is 2. The van der Waals surface area contributed by atoms with Gasteiger partial charge in [0, 0.05) is 12.3 Å². The number of nitrogens with zero attached hydrogens (tertiary/aromatic N) is 1. The maximum absolute atomic E-state index is 9.93. The number of nitrogens with two attached hydrogens (primary N) is 1. The molecule has 3 N–H and O–H groups in total. The minimum atomic E-state index is 0.0901. The van der Waals surface area contributed by atoms with Gasteiger partial charge in [-0.1, -0.05) is 0 Å². The van der Waals surface area contributed by atoms with Crippen LogP contribution in [0.1, 0.15) is 5.56 Å². The zero-order valence-corrected chi connectivity index (χ0v) is 8.61. The predicted octanol–water partition coefficient (Wildman–Crippen LogP) is 1.84. The molecule has 0 bridgehead atoms. The van der Waals surface area contributed by atoms with Gasteiger partial charge in [-0.25, -0.2) is 0 Å². The number of aromatic hydroxyl groups is 1. The smallest absolute Gasteiger partial charge is 0.167 e. The number of phenolic OH excluding ortho intramolecular Hbond substituents is 1. The number of hydrogen-bond acceptors (Lipinski definition) is 4. The van der Waals surface area contributed by atoms with Crippen molar-refractivity contribution in [2.45, 2.75) is 6.92 Å². The number of methoxy groups -OCH3 is 1. The van der Waals surface area contributed by atoms with Crippen LogP contribution in [0, 0.1) is 6.92 Å². The summed E-state index contributed by atoms with van der Waals surface area (Å²) in [4.78, 5) is 4.14. The normalized spacial score (nSPS) is 10.5. The van der Waals surface area contributed by atoms with E-state index < -0.39 is 0 Å². The van der Waals surface area contributed by atoms with Crippen LogP contribution >= 0.6 is 0 Å². The Morgan fingerprint density at radius 1 is 1.47 bits per heavy atom. The monoisotopic (exact) mass is 204 g/mol. The standard InChI is InChI=1S/C11H12N2O2/c1-6-3-4-13-10-7(12)5-8(15-2)11(14)9(6)10/h3-5,14H,12H2,1-2H3. The minimum absolute atomic E-state index is 0.0901. The van der Waals surface area contributed by atoms with Gasteiger partial charge in [-0.3, -0.25) is 4.98 Å². The molecule has 2 rings (SSSR count). The highest BCUT2D eigenvalue weighted by Crippen LogP contribution is 2.38. The van der Waals surface area contributed by atoms with Gasteiger partial charge in [0.05, 0.1) is 23.7 Å². The molecule has 78 valence electrons. The first kappa shape index (κ1) is 9.58. The molecule has 0 fully saturated rings. The molecule has 0 saturated carbocycles. The maximum atomic E-state index is 9.93. The van der Waals surface area contributed by atoms with Crippen LogP contribution in [-0.4, -0.2) is 17.2 Å². The fourth-order valence-electron chi connectivity index (χ4n) is 1.63. The van der Waals surface area contributed by atoms with E-state index in [1.165, 1.54) is 7.11 Å². The maximum Gasteiger partial charge on any atom is 0.167 e. The Balaban J connectivity index is 2.95. The van der Waals surface area contributed by atoms with E-state index in [9.17, 15) is 5.11 Å². The summed E-state index contributed by atoms with van der Waals surface area (Å²) < 4.78 is 5.03. The Labute approximate surface area is 87.3 Å². The molecular weight excluding hydrogens is 192 g/mol. The minimum Gasteiger partial charge on any atom is -0.504 e. The first-order valence-corrected chi connectivity index (χ1v) is 4.56. The quantitative estimate of drug-likeness (QED) is 0.549. The molecule has 0 spiro atoms. The van der Waals surface area contributed by atoms with Crippen molar-refractivity contribution in [2.75, 3.05) is 12.8 Å². The molecule has 0 aliphatic heterocycles. The van der Waals surface area contributed by atoms with E-state index >= 15 is 0 Å². The van der Waals surface area contributed by atoms with E-state index in [0.717, 1.165) is 5.56 Å². The van der Waals surface area contributed by atoms with Crippen molar-refractivity contribution in [1.82, 2.24) is 4.98 Å². The lowest BCUT2D eigenvalue weighted by Gasteiger charge is -2.10. The lowest BCUT2D eigenvalue weighted by atomic mass is 10.1. The van der Waals surface area contributed by atoms with Gasteiger partial charge in [-0.05, 0) is 18.6 Å². The summed E-state index contributed by atoms with van der Waals surface area (Å²) in [5, 5.41) is 10.6. The van der Waals surface area contributed by atoms with Crippen LogP contribution in [-0.2, 0) is 0 Å². The molecule has 0 atom stereocenters. The van der Waals surface area contributed by atoms with Crippen molar-refractivity contribution in [1.29, 1.82) is 0 Å². The lowest BCUT2D eigenvalue weighted by molar-refractivity contribution is 0.376. The average molecular weight is 204 g/mol. The number of phenols is 1. The first-order valence-electron chi connectivity index (χ1n) is 4.56. The highest BCUT2D eigenvalue weighted by atomic mass is 16.5. The van der Waals surface area contributed by atoms with Crippen LogP contribution in [0.15, 0.2) is 18.3 Å². The number of benzene rings is 1. The van der Waals surface area contributed by atoms with E-state index in [4.69, 9.17) is 10.5 Å². The largest absolute Gasteiger partial charge is 0.504 e. The zero-order valence-electron chi connectivity index (χ0n) is 8.61. The highest BCUT2D eigenvalue weighted by molar-refractivity contribution is 5.98. The summed E-state index contributed by atoms with van der Waals surface area (Å²) >= 11 is 0. The lowest BCUT2D eigenvalue weighted by Crippen LogP contribution is -1.94. The Kier molecular flexibility index (Phi) is 2.11. The summed E-state index contributed by atoms with van der Waals surface area (Å²) in [6.07, 6.45) is 1.67. The Hall–Kier alpha value is -1.97. The second kappa shape index (κ2) is 3.31. The summed E-state index contributed by atoms with van der Waals surface area (Å²) in [5.41, 5.74) is 7.84. The number of anilines is 1. The topological polar surface area (TPSA) is 68.4 Å². The molecule has 1 heterocycles. The van der Waals surface area contributed by atoms with Gasteiger partial charge in [0.25, 0.3) is 0 Å². The van der Waals surface area contributed by atoms with Crippen molar-refractivity contribution >= 4 is 16.6 Å². The first-order chi connectivity index (χ1) is 7.15. The van der Waals surface area contributed by atoms with Gasteiger partial charge in [0.2, 0.25) is 0 Å². The molecule has 15 heavy (non-hydrogen) atoms. The van der Waals surface area contributed by atoms with Gasteiger partial charge in [0.15, 0.2) is 11.5 Å². The Morgan fingerprint density at radius 2 is 2.20 bits per heavy atom. The number of nitrogen functional groups attached to an aromatic ring is 1. The number of ether oxygens (including phenoxy) is 1. The summed E-state index contributed by atoms with van der Waals surface area (Å²) in [7, 11) is 1.49. The SMILES string of the molecule is COc1cc(N)c2nccc(C)c2c1O. The van der Waals surface area contributed by atoms with Gasteiger partial charge in [0.1, 0.15) is 0 Å². The van der Waals surface area contributed by atoms with Gasteiger partial charge in [-0.15, -0.1) is 0 Å². The Bertz CT molecular complexity index is 523. The van der Waals surface area contributed by atoms with Crippen LogP contribution in [0.2, 0.25) is 0 Å². The fourth-order valence-corrected chi connectivity index (χ4v) is 1.63. The molecule has 0 unspecified atom stereocenters. The van der Waals surface area contributed by atoms with Crippen LogP contribution in [0.3, 0.4) is 0 Å². The number of aromatic nitrogens is 1. The molecule has 0 amide bonds. The zero-order chi connectivity index (χ0) is 11.0. The van der Waals surface area contributed by atoms with Crippen molar-refractivity contribution < 1.29 is 9.84 Å². The Morgan fingerprint density at radius 3 is 2.87 bits per heavy atom. The highest BCUT2D eigenvalue weighted by Gasteiger charge is 2.12. The summed E-state index contributed by atoms with van der Waals surface area (Å²) in [6, 6.07) is 3.39. The molecular formula is C11H12N2O2. The summed E-state index contributed by atoms with van der Waals surface area (Å²) in [5.74, 6) is 0.461. The molecule has 0 aliphatic carbocycles. The van der Waals surface area contributed by atoms with Crippen molar-refractivity contribution in [3.05, 3.63) is 23.9 Å². The van der Waals surface area contributed by atoms with Crippen molar-refractivity contribution in [3.63, 3.8) is 0 Å². The molecule has 0 saturated heterocycles. The van der Waals surface area contributed by atoms with Crippen LogP contribution in [0.5, 0.6) is 11.5 Å². The van der Waals surface area contributed by atoms with E-state index in [-0.39, 0.29) is 5.75 Å². The van der Waals surface area contributed by atoms with Crippen LogP contribution < -0.4 is 10.5 Å². The predicted molar refractivity (Wildman–Crippen MR) is 59.1 cm³/mol. The third kappa shape index (κ3) is 1.34. The molecule has 4 heteroatoms. The molecule has 0 radical (unpaired) electrons. The van der Waals surface area contributed by atoms with E-state index in [1.54, 1.807) is 12.3 Å². The number of aryl methyl sites for hydroxylation is 1. The molecule has 1 aromatic heterocycles. The van der Waals surface area contributed by atoms with E-state index in [2.05, 4.69) is 4.98 Å². The second-order valence-corrected chi connectivity index (χ2v) is 3.37. The van der Waals surface area contributed by atoms with E-state index in [1.807, 2.05) is 13.0 Å². The molecule has 2 aromatic rings. The van der Waals surface area contributed by atoms with Gasteiger partial charge in [-0.2, -0.15) is 0 Å². The number of rotatable bonds is 1. The third-order valence-electron chi connectivity index (χ3n) is 2.41. The number of pyridine rings is 1. The fraction of sp³-hybridized carbons (Fsp3) is 0.182. The summed E-state index contributed by atoms with van der Waals surface area (Å²) in [6.45, 7) is 1.89. The van der Waals surface area contributed by atoms with Crippen LogP contribution in [0.25, 0.3) is 10.9 Å². The molecule has 1 aromatic carbocycles.